The van der Waals surface area contributed by atoms with Gasteiger partial charge in [-0.3, -0.25) is 4.98 Å². The van der Waals surface area contributed by atoms with Gasteiger partial charge < -0.3 is 10.1 Å². The van der Waals surface area contributed by atoms with Gasteiger partial charge in [0.15, 0.2) is 0 Å². The first kappa shape index (κ1) is 17.0. The van der Waals surface area contributed by atoms with E-state index < -0.39 is 5.97 Å². The minimum atomic E-state index is -0.913. The van der Waals surface area contributed by atoms with Gasteiger partial charge in [0.25, 0.3) is 0 Å². The van der Waals surface area contributed by atoms with Gasteiger partial charge in [0.1, 0.15) is 5.69 Å². The van der Waals surface area contributed by atoms with Crippen LogP contribution < -0.4 is 0 Å². The summed E-state index contributed by atoms with van der Waals surface area (Å²) in [6.07, 6.45) is 6.10. The Morgan fingerprint density at radius 2 is 1.81 bits per heavy atom. The van der Waals surface area contributed by atoms with Gasteiger partial charge in [-0.05, 0) is 54.2 Å². The normalized spacial score (nSPS) is 11.0. The van der Waals surface area contributed by atoms with Crippen molar-refractivity contribution in [1.29, 1.82) is 0 Å². The zero-order chi connectivity index (χ0) is 18.6. The number of pyridine rings is 1. The fraction of sp³-hybridized carbons (Fsp3) is 0.130. The highest BCUT2D eigenvalue weighted by molar-refractivity contribution is 5.98. The number of carbonyl (C=O) groups is 1. The number of nitrogens with zero attached hydrogens (tertiary/aromatic N) is 1. The first-order chi connectivity index (χ1) is 13.2. The summed E-state index contributed by atoms with van der Waals surface area (Å²) < 4.78 is 0. The van der Waals surface area contributed by atoms with Crippen molar-refractivity contribution in [1.82, 2.24) is 9.97 Å². The van der Waals surface area contributed by atoms with Crippen LogP contribution in [0.15, 0.2) is 73.1 Å². The molecule has 2 N–H and O–H groups in total. The van der Waals surface area contributed by atoms with Crippen molar-refractivity contribution in [2.24, 2.45) is 0 Å². The Morgan fingerprint density at radius 1 is 0.963 bits per heavy atom. The summed E-state index contributed by atoms with van der Waals surface area (Å²) in [6.45, 7) is 0. The summed E-state index contributed by atoms with van der Waals surface area (Å²) in [7, 11) is 0. The highest BCUT2D eigenvalue weighted by Crippen LogP contribution is 2.29. The van der Waals surface area contributed by atoms with E-state index in [0.717, 1.165) is 40.4 Å². The molecule has 0 atom stereocenters. The molecule has 2 heterocycles. The van der Waals surface area contributed by atoms with E-state index in [9.17, 15) is 9.90 Å². The predicted octanol–water partition coefficient (Wildman–Crippen LogP) is 5.10. The second-order valence-electron chi connectivity index (χ2n) is 6.62. The number of rotatable bonds is 6. The number of benzene rings is 2. The maximum atomic E-state index is 11.7. The topological polar surface area (TPSA) is 66.0 Å². The fourth-order valence-corrected chi connectivity index (χ4v) is 3.52. The Labute approximate surface area is 157 Å². The molecule has 0 saturated heterocycles. The van der Waals surface area contributed by atoms with Gasteiger partial charge in [-0.15, -0.1) is 0 Å². The lowest BCUT2D eigenvalue weighted by Gasteiger charge is -2.05. The molecular formula is C23H20N2O2. The van der Waals surface area contributed by atoms with E-state index in [4.69, 9.17) is 0 Å². The summed E-state index contributed by atoms with van der Waals surface area (Å²) in [6, 6.07) is 20.2. The molecule has 0 fully saturated rings. The quantitative estimate of drug-likeness (QED) is 0.505. The summed E-state index contributed by atoms with van der Waals surface area (Å²) in [4.78, 5) is 19.0. The molecule has 0 unspecified atom stereocenters. The molecule has 4 nitrogen and oxygen atoms in total. The molecule has 2 aromatic carbocycles. The summed E-state index contributed by atoms with van der Waals surface area (Å²) in [5.41, 5.74) is 5.35. The molecule has 2 aromatic heterocycles. The van der Waals surface area contributed by atoms with Crippen LogP contribution in [0.5, 0.6) is 0 Å². The van der Waals surface area contributed by atoms with E-state index >= 15 is 0 Å². The highest BCUT2D eigenvalue weighted by atomic mass is 16.4. The molecular weight excluding hydrogens is 336 g/mol. The van der Waals surface area contributed by atoms with Crippen molar-refractivity contribution < 1.29 is 9.90 Å². The van der Waals surface area contributed by atoms with Gasteiger partial charge in [-0.2, -0.15) is 0 Å². The molecule has 0 aliphatic heterocycles. The van der Waals surface area contributed by atoms with Gasteiger partial charge in [-0.1, -0.05) is 42.5 Å². The van der Waals surface area contributed by atoms with E-state index in [2.05, 4.69) is 28.2 Å². The van der Waals surface area contributed by atoms with E-state index in [0.29, 0.717) is 12.1 Å². The minimum Gasteiger partial charge on any atom is -0.477 e. The molecule has 0 bridgehead atoms. The Kier molecular flexibility index (Phi) is 4.71. The van der Waals surface area contributed by atoms with Crippen LogP contribution in [0.2, 0.25) is 0 Å². The number of carboxylic acid groups (broad SMARTS) is 1. The zero-order valence-electron chi connectivity index (χ0n) is 14.9. The van der Waals surface area contributed by atoms with Crippen molar-refractivity contribution in [2.45, 2.75) is 19.3 Å². The van der Waals surface area contributed by atoms with Crippen LogP contribution in [0.3, 0.4) is 0 Å². The van der Waals surface area contributed by atoms with Crippen LogP contribution in [-0.4, -0.2) is 21.0 Å². The number of hydrogen-bond acceptors (Lipinski definition) is 2. The number of carboxylic acids is 1. The van der Waals surface area contributed by atoms with Gasteiger partial charge in [0.05, 0.1) is 0 Å². The van der Waals surface area contributed by atoms with Gasteiger partial charge in [0.2, 0.25) is 0 Å². The van der Waals surface area contributed by atoms with Crippen molar-refractivity contribution in [2.75, 3.05) is 0 Å². The third-order valence-electron chi connectivity index (χ3n) is 4.85. The number of aromatic carboxylic acids is 1. The van der Waals surface area contributed by atoms with Crippen LogP contribution in [0, 0.1) is 0 Å². The van der Waals surface area contributed by atoms with Crippen molar-refractivity contribution in [3.8, 4) is 11.1 Å². The third-order valence-corrected chi connectivity index (χ3v) is 4.85. The molecule has 4 heteroatoms. The third kappa shape index (κ3) is 3.60. The highest BCUT2D eigenvalue weighted by Gasteiger charge is 2.17. The lowest BCUT2D eigenvalue weighted by Crippen LogP contribution is -2.02. The smallest absolute Gasteiger partial charge is 0.352 e. The van der Waals surface area contributed by atoms with Crippen molar-refractivity contribution in [3.63, 3.8) is 0 Å². The Morgan fingerprint density at radius 3 is 2.56 bits per heavy atom. The second kappa shape index (κ2) is 7.46. The largest absolute Gasteiger partial charge is 0.477 e. The maximum Gasteiger partial charge on any atom is 0.352 e. The number of fused-ring (bicyclic) bond motifs is 1. The molecule has 0 amide bonds. The lowest BCUT2D eigenvalue weighted by atomic mass is 9.99. The SMILES string of the molecule is O=C(O)c1[nH]c2ccc(-c3cccnc3)cc2c1CCCc1ccccc1. The maximum absolute atomic E-state index is 11.7. The first-order valence-electron chi connectivity index (χ1n) is 9.04. The van der Waals surface area contributed by atoms with Gasteiger partial charge in [-0.25, -0.2) is 4.79 Å². The number of nitrogens with one attached hydrogen (secondary N) is 1. The fourth-order valence-electron chi connectivity index (χ4n) is 3.52. The number of aryl methyl sites for hydroxylation is 2. The molecule has 134 valence electrons. The second-order valence-corrected chi connectivity index (χ2v) is 6.62. The van der Waals surface area contributed by atoms with Crippen LogP contribution in [0.4, 0.5) is 0 Å². The minimum absolute atomic E-state index is 0.293. The number of H-pyrrole nitrogens is 1. The van der Waals surface area contributed by atoms with E-state index in [1.165, 1.54) is 5.56 Å². The molecule has 4 rings (SSSR count). The van der Waals surface area contributed by atoms with Gasteiger partial charge in [0, 0.05) is 28.9 Å². The van der Waals surface area contributed by atoms with Crippen LogP contribution in [0.25, 0.3) is 22.0 Å². The predicted molar refractivity (Wildman–Crippen MR) is 107 cm³/mol. The van der Waals surface area contributed by atoms with Crippen LogP contribution >= 0.6 is 0 Å². The Bertz CT molecular complexity index is 1070. The van der Waals surface area contributed by atoms with Crippen molar-refractivity contribution >= 4 is 16.9 Å². The number of aromatic amines is 1. The number of aromatic nitrogens is 2. The zero-order valence-corrected chi connectivity index (χ0v) is 14.9. The van der Waals surface area contributed by atoms with E-state index in [1.807, 2.05) is 48.7 Å². The average molecular weight is 356 g/mol. The summed E-state index contributed by atoms with van der Waals surface area (Å²) in [5.74, 6) is -0.913. The molecule has 0 aliphatic carbocycles. The summed E-state index contributed by atoms with van der Waals surface area (Å²) >= 11 is 0. The standard InChI is InChI=1S/C23H20N2O2/c26-23(27)22-19(10-4-8-16-6-2-1-3-7-16)20-14-17(11-12-21(20)25-22)18-9-5-13-24-15-18/h1-3,5-7,9,11-15,25H,4,8,10H2,(H,26,27). The van der Waals surface area contributed by atoms with E-state index in [-0.39, 0.29) is 0 Å². The van der Waals surface area contributed by atoms with Crippen LogP contribution in [0.1, 0.15) is 28.0 Å². The molecule has 0 spiro atoms. The average Bonchev–Trinajstić information content (AvgIpc) is 3.08. The first-order valence-corrected chi connectivity index (χ1v) is 9.04. The number of hydrogen-bond donors (Lipinski definition) is 2. The molecule has 0 aliphatic rings. The summed E-state index contributed by atoms with van der Waals surface area (Å²) in [5, 5.41) is 10.6. The van der Waals surface area contributed by atoms with Crippen molar-refractivity contribution in [3.05, 3.63) is 89.9 Å². The Balaban J connectivity index is 1.68. The molecule has 27 heavy (non-hydrogen) atoms. The van der Waals surface area contributed by atoms with Crippen LogP contribution in [-0.2, 0) is 12.8 Å². The lowest BCUT2D eigenvalue weighted by molar-refractivity contribution is 0.0690. The molecule has 0 saturated carbocycles. The van der Waals surface area contributed by atoms with E-state index in [1.54, 1.807) is 6.20 Å². The Hall–Kier alpha value is -3.40. The molecule has 4 aromatic rings. The van der Waals surface area contributed by atoms with Gasteiger partial charge >= 0.3 is 5.97 Å². The monoisotopic (exact) mass is 356 g/mol. The molecule has 0 radical (unpaired) electrons.